The lowest BCUT2D eigenvalue weighted by Gasteiger charge is -2.32. The van der Waals surface area contributed by atoms with Gasteiger partial charge in [-0.15, -0.1) is 0 Å². The lowest BCUT2D eigenvalue weighted by molar-refractivity contribution is -0.137. The van der Waals surface area contributed by atoms with E-state index in [1.807, 2.05) is 18.2 Å². The van der Waals surface area contributed by atoms with Gasteiger partial charge in [-0.25, -0.2) is 4.79 Å². The predicted octanol–water partition coefficient (Wildman–Crippen LogP) is 1.48. The first-order chi connectivity index (χ1) is 14.5. The number of hydrazine groups is 1. The predicted molar refractivity (Wildman–Crippen MR) is 111 cm³/mol. The topological polar surface area (TPSA) is 111 Å². The molecule has 0 bridgehead atoms. The molecule has 2 aliphatic heterocycles. The van der Waals surface area contributed by atoms with Crippen LogP contribution in [0.2, 0.25) is 0 Å². The number of carbonyl (C=O) groups is 4. The number of nitrogens with one attached hydrogen (secondary N) is 3. The maximum atomic E-state index is 12.5. The van der Waals surface area contributed by atoms with Gasteiger partial charge in [0.2, 0.25) is 11.8 Å². The van der Waals surface area contributed by atoms with Gasteiger partial charge in [0.25, 0.3) is 5.91 Å². The van der Waals surface area contributed by atoms with Crippen LogP contribution in [-0.2, 0) is 14.4 Å². The molecule has 1 atom stereocenters. The van der Waals surface area contributed by atoms with Crippen molar-refractivity contribution < 1.29 is 19.2 Å². The zero-order valence-electron chi connectivity index (χ0n) is 17.1. The minimum Gasteiger partial charge on any atom is -0.333 e. The van der Waals surface area contributed by atoms with Crippen molar-refractivity contribution in [2.24, 2.45) is 5.92 Å². The van der Waals surface area contributed by atoms with Gasteiger partial charge in [0.15, 0.2) is 0 Å². The molecule has 1 aromatic carbocycles. The third-order valence-electron chi connectivity index (χ3n) is 5.44. The molecule has 9 heteroatoms. The van der Waals surface area contributed by atoms with Gasteiger partial charge in [-0.1, -0.05) is 24.6 Å². The van der Waals surface area contributed by atoms with Crippen LogP contribution in [0.25, 0.3) is 0 Å². The van der Waals surface area contributed by atoms with E-state index in [-0.39, 0.29) is 30.9 Å². The number of benzene rings is 1. The molecule has 2 fully saturated rings. The Labute approximate surface area is 176 Å². The number of urea groups is 1. The monoisotopic (exact) mass is 415 g/mol. The van der Waals surface area contributed by atoms with Crippen molar-refractivity contribution in [3.05, 3.63) is 30.3 Å². The van der Waals surface area contributed by atoms with Crippen molar-refractivity contribution in [2.45, 2.75) is 38.5 Å². The normalized spacial score (nSPS) is 19.6. The Kier molecular flexibility index (Phi) is 7.64. The summed E-state index contributed by atoms with van der Waals surface area (Å²) in [7, 11) is 0. The molecular formula is C21H29N5O4. The highest BCUT2D eigenvalue weighted by molar-refractivity contribution is 5.90. The zero-order chi connectivity index (χ0) is 21.3. The fourth-order valence-corrected chi connectivity index (χ4v) is 3.75. The van der Waals surface area contributed by atoms with Gasteiger partial charge < -0.3 is 15.1 Å². The molecule has 0 spiro atoms. The molecule has 0 aromatic heterocycles. The van der Waals surface area contributed by atoms with E-state index in [1.54, 1.807) is 17.0 Å². The second-order valence-corrected chi connectivity index (χ2v) is 7.74. The van der Waals surface area contributed by atoms with Crippen molar-refractivity contribution in [3.63, 3.8) is 0 Å². The highest BCUT2D eigenvalue weighted by atomic mass is 16.2. The van der Waals surface area contributed by atoms with Crippen LogP contribution in [0.4, 0.5) is 10.5 Å². The molecule has 1 aromatic rings. The smallest absolute Gasteiger partial charge is 0.321 e. The van der Waals surface area contributed by atoms with Crippen LogP contribution < -0.4 is 16.2 Å². The summed E-state index contributed by atoms with van der Waals surface area (Å²) in [6.45, 7) is 1.36. The molecular weight excluding hydrogens is 386 g/mol. The minimum absolute atomic E-state index is 0.0265. The zero-order valence-corrected chi connectivity index (χ0v) is 17.1. The highest BCUT2D eigenvalue weighted by Crippen LogP contribution is 2.18. The lowest BCUT2D eigenvalue weighted by Crippen LogP contribution is -2.52. The fraction of sp³-hybridized carbons (Fsp3) is 0.524. The van der Waals surface area contributed by atoms with Crippen LogP contribution in [0.15, 0.2) is 30.3 Å². The van der Waals surface area contributed by atoms with Crippen molar-refractivity contribution in [3.8, 4) is 0 Å². The van der Waals surface area contributed by atoms with Gasteiger partial charge in [-0.3, -0.25) is 25.2 Å². The minimum atomic E-state index is -0.423. The summed E-state index contributed by atoms with van der Waals surface area (Å²) in [4.78, 5) is 52.2. The summed E-state index contributed by atoms with van der Waals surface area (Å²) in [6, 6.07) is 8.90. The van der Waals surface area contributed by atoms with E-state index >= 15 is 0 Å². The first kappa shape index (κ1) is 21.6. The van der Waals surface area contributed by atoms with Gasteiger partial charge in [0, 0.05) is 31.7 Å². The fourth-order valence-electron chi connectivity index (χ4n) is 3.75. The molecule has 9 nitrogen and oxygen atoms in total. The Balaban J connectivity index is 1.43. The molecule has 2 aliphatic rings. The Morgan fingerprint density at radius 3 is 2.57 bits per heavy atom. The molecule has 3 N–H and O–H groups in total. The second kappa shape index (κ2) is 10.6. The molecule has 0 saturated carbocycles. The second-order valence-electron chi connectivity index (χ2n) is 7.74. The average molecular weight is 415 g/mol. The summed E-state index contributed by atoms with van der Waals surface area (Å²) in [5, 5.41) is 2.82. The Morgan fingerprint density at radius 2 is 1.77 bits per heavy atom. The van der Waals surface area contributed by atoms with Gasteiger partial charge in [0.05, 0.1) is 5.92 Å². The van der Waals surface area contributed by atoms with Crippen LogP contribution >= 0.6 is 0 Å². The molecule has 0 unspecified atom stereocenters. The van der Waals surface area contributed by atoms with E-state index in [1.165, 1.54) is 4.90 Å². The van der Waals surface area contributed by atoms with Gasteiger partial charge in [-0.05, 0) is 37.8 Å². The number of likely N-dealkylation sites (tertiary alicyclic amines) is 2. The van der Waals surface area contributed by atoms with Gasteiger partial charge in [-0.2, -0.15) is 0 Å². The quantitative estimate of drug-likeness (QED) is 0.647. The molecule has 3 rings (SSSR count). The maximum absolute atomic E-state index is 12.5. The molecule has 5 amide bonds. The van der Waals surface area contributed by atoms with E-state index < -0.39 is 11.8 Å². The van der Waals surface area contributed by atoms with E-state index in [0.717, 1.165) is 19.3 Å². The number of amides is 5. The number of hydrogen-bond donors (Lipinski definition) is 3. The standard InChI is InChI=1S/C21H29N5O4/c27-18(15-25-12-6-2-5-11-19(25)28)23-24-20(29)16-8-7-13-26(14-16)21(30)22-17-9-3-1-4-10-17/h1,3-4,9-10,16H,2,5-8,11-15H2,(H,22,30)(H,23,27)(H,24,29)/t16-/m1/s1. The van der Waals surface area contributed by atoms with Crippen LogP contribution in [0.5, 0.6) is 0 Å². The largest absolute Gasteiger partial charge is 0.333 e. The summed E-state index contributed by atoms with van der Waals surface area (Å²) in [5.74, 6) is -1.18. The number of carbonyl (C=O) groups excluding carboxylic acids is 4. The Hall–Kier alpha value is -3.10. The van der Waals surface area contributed by atoms with E-state index in [2.05, 4.69) is 16.2 Å². The summed E-state index contributed by atoms with van der Waals surface area (Å²) in [6.07, 6.45) is 4.52. The van der Waals surface area contributed by atoms with E-state index in [0.29, 0.717) is 38.0 Å². The lowest BCUT2D eigenvalue weighted by atomic mass is 9.98. The van der Waals surface area contributed by atoms with Crippen LogP contribution in [0, 0.1) is 5.92 Å². The number of anilines is 1. The molecule has 2 heterocycles. The van der Waals surface area contributed by atoms with E-state index in [9.17, 15) is 19.2 Å². The summed E-state index contributed by atoms with van der Waals surface area (Å²) in [5.41, 5.74) is 5.55. The number of piperidine rings is 1. The van der Waals surface area contributed by atoms with Gasteiger partial charge >= 0.3 is 6.03 Å². The third kappa shape index (κ3) is 6.20. The Morgan fingerprint density at radius 1 is 0.967 bits per heavy atom. The van der Waals surface area contributed by atoms with Crippen LogP contribution in [-0.4, -0.2) is 59.7 Å². The highest BCUT2D eigenvalue weighted by Gasteiger charge is 2.29. The first-order valence-corrected chi connectivity index (χ1v) is 10.5. The van der Waals surface area contributed by atoms with Crippen LogP contribution in [0.1, 0.15) is 38.5 Å². The Bertz CT molecular complexity index is 770. The number of nitrogens with zero attached hydrogens (tertiary/aromatic N) is 2. The van der Waals surface area contributed by atoms with Crippen molar-refractivity contribution in [1.82, 2.24) is 20.7 Å². The molecule has 162 valence electrons. The molecule has 0 aliphatic carbocycles. The summed E-state index contributed by atoms with van der Waals surface area (Å²) >= 11 is 0. The summed E-state index contributed by atoms with van der Waals surface area (Å²) < 4.78 is 0. The van der Waals surface area contributed by atoms with E-state index in [4.69, 9.17) is 0 Å². The van der Waals surface area contributed by atoms with Crippen molar-refractivity contribution in [1.29, 1.82) is 0 Å². The first-order valence-electron chi connectivity index (χ1n) is 10.5. The maximum Gasteiger partial charge on any atom is 0.321 e. The van der Waals surface area contributed by atoms with Crippen molar-refractivity contribution >= 4 is 29.4 Å². The van der Waals surface area contributed by atoms with Crippen LogP contribution in [0.3, 0.4) is 0 Å². The third-order valence-corrected chi connectivity index (χ3v) is 5.44. The molecule has 30 heavy (non-hydrogen) atoms. The number of para-hydroxylation sites is 1. The molecule has 2 saturated heterocycles. The SMILES string of the molecule is O=C(CN1CCCCCC1=O)NNC(=O)[C@@H]1CCCN(C(=O)Nc2ccccc2)C1. The van der Waals surface area contributed by atoms with Crippen molar-refractivity contribution in [2.75, 3.05) is 31.5 Å². The number of rotatable bonds is 4. The molecule has 0 radical (unpaired) electrons. The average Bonchev–Trinajstić information content (AvgIpc) is 2.97. The van der Waals surface area contributed by atoms with Gasteiger partial charge in [0.1, 0.15) is 6.54 Å². The number of hydrogen-bond acceptors (Lipinski definition) is 4.